The molecule has 12 rings (SSSR count). The van der Waals surface area contributed by atoms with E-state index < -0.39 is 0 Å². The average Bonchev–Trinajstić information content (AvgIpc) is 4.00. The Balaban J connectivity index is 1.03. The molecule has 0 saturated carbocycles. The highest BCUT2D eigenvalue weighted by molar-refractivity contribution is 7.81. The number of thiol groups is 1. The third kappa shape index (κ3) is 5.97. The van der Waals surface area contributed by atoms with Crippen molar-refractivity contribution in [3.63, 3.8) is 0 Å². The summed E-state index contributed by atoms with van der Waals surface area (Å²) in [7, 11) is 0. The van der Waals surface area contributed by atoms with E-state index in [1.807, 2.05) is 6.08 Å². The minimum absolute atomic E-state index is 0.157. The summed E-state index contributed by atoms with van der Waals surface area (Å²) in [4.78, 5) is 2.45. The van der Waals surface area contributed by atoms with Crippen LogP contribution >= 0.6 is 12.6 Å². The quantitative estimate of drug-likeness (QED) is 0.113. The van der Waals surface area contributed by atoms with Crippen molar-refractivity contribution < 1.29 is 0 Å². The Morgan fingerprint density at radius 3 is 2.03 bits per heavy atom. The monoisotopic (exact) mass is 841 g/mol. The Hall–Kier alpha value is -7.27. The normalized spacial score (nSPS) is 16.8. The first-order chi connectivity index (χ1) is 31.6. The van der Waals surface area contributed by atoms with Crippen LogP contribution in [0.4, 0.5) is 17.1 Å². The summed E-state index contributed by atoms with van der Waals surface area (Å²) in [6, 6.07) is 56.2. The maximum atomic E-state index is 4.99. The van der Waals surface area contributed by atoms with Gasteiger partial charge in [-0.3, -0.25) is 0 Å². The van der Waals surface area contributed by atoms with Crippen molar-refractivity contribution in [2.75, 3.05) is 4.90 Å². The lowest BCUT2D eigenvalue weighted by Gasteiger charge is -2.27. The molecule has 0 bridgehead atoms. The second-order valence-corrected chi connectivity index (χ2v) is 17.7. The van der Waals surface area contributed by atoms with Crippen molar-refractivity contribution in [1.29, 1.82) is 0 Å². The topological polar surface area (TPSA) is 12.6 Å². The smallest absolute Gasteiger partial charge is 0.0782 e. The number of nitrogens with zero attached hydrogens (tertiary/aromatic N) is 3. The Morgan fingerprint density at radius 2 is 1.30 bits per heavy atom. The van der Waals surface area contributed by atoms with Crippen LogP contribution in [0.2, 0.25) is 0 Å². The van der Waals surface area contributed by atoms with Gasteiger partial charge in [-0.1, -0.05) is 159 Å². The molecule has 2 aliphatic rings. The van der Waals surface area contributed by atoms with Gasteiger partial charge in [0, 0.05) is 60.6 Å². The Labute approximate surface area is 379 Å². The molecule has 0 N–H and O–H groups in total. The minimum atomic E-state index is 0.157. The van der Waals surface area contributed by atoms with Crippen LogP contribution in [0.15, 0.2) is 212 Å². The van der Waals surface area contributed by atoms with Crippen LogP contribution in [0.5, 0.6) is 0 Å². The SMILES string of the molecule is C=C/C(=C\CC)n1c2ccccc2c2c(-c3ccc(N(c4ccc(C5=CC(C6=CCCC=C6)C(S)C=C5)cc4)c4cccc5c6cccc7c8ccccc8n(c45)c76)cc3)cccc21. The average molecular weight is 842 g/mol. The lowest BCUT2D eigenvalue weighted by molar-refractivity contribution is 0.792. The first-order valence-electron chi connectivity index (χ1n) is 22.6. The van der Waals surface area contributed by atoms with Gasteiger partial charge in [0.15, 0.2) is 0 Å². The fraction of sp³-hybridized carbons (Fsp3) is 0.100. The number of fused-ring (bicyclic) bond motifs is 9. The maximum absolute atomic E-state index is 4.99. The molecule has 2 aliphatic carbocycles. The molecular formula is C60H47N3S. The summed E-state index contributed by atoms with van der Waals surface area (Å²) in [6.07, 6.45) is 21.2. The van der Waals surface area contributed by atoms with Crippen LogP contribution in [-0.2, 0) is 0 Å². The van der Waals surface area contributed by atoms with Crippen molar-refractivity contribution >= 4 is 101 Å². The number of benzene rings is 7. The van der Waals surface area contributed by atoms with Gasteiger partial charge in [0.2, 0.25) is 0 Å². The summed E-state index contributed by atoms with van der Waals surface area (Å²) in [6.45, 7) is 6.38. The molecule has 0 spiro atoms. The number of hydrogen-bond donors (Lipinski definition) is 1. The third-order valence-corrected chi connectivity index (χ3v) is 14.0. The van der Waals surface area contributed by atoms with Gasteiger partial charge in [-0.15, -0.1) is 0 Å². The summed E-state index contributed by atoms with van der Waals surface area (Å²) in [5.74, 6) is 0.246. The van der Waals surface area contributed by atoms with E-state index in [2.05, 4.69) is 222 Å². The van der Waals surface area contributed by atoms with Gasteiger partial charge in [0.25, 0.3) is 0 Å². The fourth-order valence-corrected chi connectivity index (χ4v) is 11.0. The number of anilines is 3. The molecule has 2 unspecified atom stereocenters. The van der Waals surface area contributed by atoms with Gasteiger partial charge >= 0.3 is 0 Å². The highest BCUT2D eigenvalue weighted by atomic mass is 32.1. The van der Waals surface area contributed by atoms with E-state index in [1.165, 1.54) is 87.7 Å². The van der Waals surface area contributed by atoms with E-state index in [-0.39, 0.29) is 11.2 Å². The first kappa shape index (κ1) is 38.4. The lowest BCUT2D eigenvalue weighted by Crippen LogP contribution is -2.16. The molecule has 0 radical (unpaired) electrons. The van der Waals surface area contributed by atoms with Crippen molar-refractivity contribution in [1.82, 2.24) is 8.97 Å². The van der Waals surface area contributed by atoms with Gasteiger partial charge in [-0.2, -0.15) is 12.6 Å². The molecular weight excluding hydrogens is 795 g/mol. The lowest BCUT2D eigenvalue weighted by atomic mass is 9.85. The zero-order valence-corrected chi connectivity index (χ0v) is 36.7. The van der Waals surface area contributed by atoms with Crippen LogP contribution in [0.3, 0.4) is 0 Å². The standard InChI is InChI=1S/C60H47N3S/c1-3-15-43(4-2)62-54-25-11-9-19-51(54)58-46(20-13-26-55(58)62)41-30-35-45(36-31-41)61(44-33-28-39(29-34-44)42-32-37-57(64)52(38-42)40-16-6-5-7-17-40)56-27-14-23-50-49-22-12-21-48-47-18-8-10-24-53(47)63(59(48)49)60(50)56/h4,6,8-38,52,57,64H,2-3,5,7H2,1H3/b43-15+. The predicted molar refractivity (Wildman–Crippen MR) is 279 cm³/mol. The molecule has 0 aliphatic heterocycles. The van der Waals surface area contributed by atoms with Gasteiger partial charge < -0.3 is 13.9 Å². The van der Waals surface area contributed by atoms with E-state index in [0.717, 1.165) is 42.0 Å². The van der Waals surface area contributed by atoms with E-state index >= 15 is 0 Å². The zero-order valence-electron chi connectivity index (χ0n) is 35.8. The van der Waals surface area contributed by atoms with Crippen LogP contribution in [0.25, 0.3) is 82.3 Å². The maximum Gasteiger partial charge on any atom is 0.0782 e. The second kappa shape index (κ2) is 15.5. The van der Waals surface area contributed by atoms with Gasteiger partial charge in [0.1, 0.15) is 0 Å². The predicted octanol–water partition coefficient (Wildman–Crippen LogP) is 16.7. The number of para-hydroxylation sites is 4. The molecule has 10 aromatic rings. The largest absolute Gasteiger partial charge is 0.310 e. The summed E-state index contributed by atoms with van der Waals surface area (Å²) < 4.78 is 4.86. The fourth-order valence-electron chi connectivity index (χ4n) is 10.7. The Bertz CT molecular complexity index is 3630. The first-order valence-corrected chi connectivity index (χ1v) is 23.1. The third-order valence-electron chi connectivity index (χ3n) is 13.5. The Kier molecular flexibility index (Phi) is 9.31. The molecule has 3 aromatic heterocycles. The molecule has 7 aromatic carbocycles. The van der Waals surface area contributed by atoms with Gasteiger partial charge in [-0.25, -0.2) is 0 Å². The zero-order chi connectivity index (χ0) is 42.9. The molecule has 3 heterocycles. The molecule has 4 heteroatoms. The highest BCUT2D eigenvalue weighted by Crippen LogP contribution is 2.47. The van der Waals surface area contributed by atoms with E-state index in [4.69, 9.17) is 12.6 Å². The molecule has 2 atom stereocenters. The van der Waals surface area contributed by atoms with Crippen molar-refractivity contribution in [2.45, 2.75) is 31.4 Å². The van der Waals surface area contributed by atoms with Crippen LogP contribution in [0, 0.1) is 5.92 Å². The summed E-state index contributed by atoms with van der Waals surface area (Å²) in [5, 5.41) is 7.72. The van der Waals surface area contributed by atoms with E-state index in [1.54, 1.807) is 0 Å². The molecule has 308 valence electrons. The highest BCUT2D eigenvalue weighted by Gasteiger charge is 2.25. The summed E-state index contributed by atoms with van der Waals surface area (Å²) >= 11 is 4.99. The molecule has 0 fully saturated rings. The van der Waals surface area contributed by atoms with Crippen molar-refractivity contribution in [3.8, 4) is 11.1 Å². The molecule has 0 saturated heterocycles. The second-order valence-electron chi connectivity index (χ2n) is 17.1. The minimum Gasteiger partial charge on any atom is -0.310 e. The Morgan fingerprint density at radius 1 is 0.656 bits per heavy atom. The molecule has 0 amide bonds. The van der Waals surface area contributed by atoms with Crippen LogP contribution in [-0.4, -0.2) is 14.2 Å². The van der Waals surface area contributed by atoms with Crippen LogP contribution in [0.1, 0.15) is 31.7 Å². The van der Waals surface area contributed by atoms with Crippen molar-refractivity contribution in [2.24, 2.45) is 5.92 Å². The molecule has 3 nitrogen and oxygen atoms in total. The van der Waals surface area contributed by atoms with Crippen molar-refractivity contribution in [3.05, 3.63) is 218 Å². The van der Waals surface area contributed by atoms with E-state index in [9.17, 15) is 0 Å². The number of rotatable bonds is 9. The van der Waals surface area contributed by atoms with Crippen LogP contribution < -0.4 is 4.90 Å². The van der Waals surface area contributed by atoms with Gasteiger partial charge in [0.05, 0.1) is 33.3 Å². The van der Waals surface area contributed by atoms with Gasteiger partial charge in [-0.05, 0) is 102 Å². The number of aromatic nitrogens is 2. The molecule has 64 heavy (non-hydrogen) atoms. The van der Waals surface area contributed by atoms with E-state index in [0.29, 0.717) is 0 Å². The number of hydrogen-bond acceptors (Lipinski definition) is 2. The number of allylic oxidation sites excluding steroid dienone is 10. The summed E-state index contributed by atoms with van der Waals surface area (Å²) in [5.41, 5.74) is 16.7.